The van der Waals surface area contributed by atoms with E-state index in [-0.39, 0.29) is 11.9 Å². The van der Waals surface area contributed by atoms with Crippen molar-refractivity contribution in [2.24, 2.45) is 0 Å². The van der Waals surface area contributed by atoms with E-state index in [0.717, 1.165) is 43.0 Å². The lowest BCUT2D eigenvalue weighted by atomic mass is 10.2. The highest BCUT2D eigenvalue weighted by Gasteiger charge is 2.28. The van der Waals surface area contributed by atoms with Crippen LogP contribution in [0, 0.1) is 6.92 Å². The molecule has 1 aliphatic heterocycles. The second-order valence-corrected chi connectivity index (χ2v) is 7.48. The number of hydrogen-bond acceptors (Lipinski definition) is 3. The van der Waals surface area contributed by atoms with Crippen LogP contribution in [-0.4, -0.2) is 51.3 Å². The molecule has 2 aromatic heterocycles. The standard InChI is InChI=1S/C22H26N4O/c1-17-7-6-11-26-20(14-23-22(17)26)13-21(27)24(2)19-10-12-25(16-19)15-18-8-4-3-5-9-18/h3-9,11,14,19H,10,12-13,15-16H2,1-2H3/t19-/m0/s1. The SMILES string of the molecule is Cc1cccn2c(CC(=O)N(C)[C@H]3CCN(Cc4ccccc4)C3)cnc12. The van der Waals surface area contributed by atoms with E-state index in [9.17, 15) is 4.79 Å². The van der Waals surface area contributed by atoms with E-state index in [1.807, 2.05) is 53.9 Å². The zero-order chi connectivity index (χ0) is 18.8. The lowest BCUT2D eigenvalue weighted by Gasteiger charge is -2.25. The molecular weight excluding hydrogens is 336 g/mol. The summed E-state index contributed by atoms with van der Waals surface area (Å²) in [6.07, 6.45) is 5.22. The van der Waals surface area contributed by atoms with Gasteiger partial charge in [-0.2, -0.15) is 0 Å². The fourth-order valence-corrected chi connectivity index (χ4v) is 3.93. The van der Waals surface area contributed by atoms with Crippen molar-refractivity contribution in [2.75, 3.05) is 20.1 Å². The number of likely N-dealkylation sites (tertiary alicyclic amines) is 1. The molecule has 140 valence electrons. The second kappa shape index (κ2) is 7.53. The molecule has 0 radical (unpaired) electrons. The third kappa shape index (κ3) is 3.74. The molecule has 0 N–H and O–H groups in total. The quantitative estimate of drug-likeness (QED) is 0.701. The van der Waals surface area contributed by atoms with Crippen LogP contribution in [0.5, 0.6) is 0 Å². The van der Waals surface area contributed by atoms with E-state index in [0.29, 0.717) is 6.42 Å². The highest BCUT2D eigenvalue weighted by molar-refractivity contribution is 5.78. The first-order valence-electron chi connectivity index (χ1n) is 9.55. The van der Waals surface area contributed by atoms with Crippen molar-refractivity contribution in [2.45, 2.75) is 32.4 Å². The van der Waals surface area contributed by atoms with Crippen molar-refractivity contribution in [3.8, 4) is 0 Å². The van der Waals surface area contributed by atoms with Crippen molar-refractivity contribution < 1.29 is 4.79 Å². The summed E-state index contributed by atoms with van der Waals surface area (Å²) < 4.78 is 2.03. The maximum Gasteiger partial charge on any atom is 0.228 e. The van der Waals surface area contributed by atoms with Gasteiger partial charge in [0.25, 0.3) is 0 Å². The number of fused-ring (bicyclic) bond motifs is 1. The lowest BCUT2D eigenvalue weighted by Crippen LogP contribution is -2.39. The molecule has 3 aromatic rings. The molecule has 0 spiro atoms. The van der Waals surface area contributed by atoms with Crippen LogP contribution in [0.3, 0.4) is 0 Å². The molecule has 1 atom stereocenters. The number of carbonyl (C=O) groups excluding carboxylic acids is 1. The fraction of sp³-hybridized carbons (Fsp3) is 0.364. The zero-order valence-electron chi connectivity index (χ0n) is 16.0. The van der Waals surface area contributed by atoms with Gasteiger partial charge in [0.05, 0.1) is 12.1 Å². The first kappa shape index (κ1) is 17.7. The first-order chi connectivity index (χ1) is 13.1. The van der Waals surface area contributed by atoms with Crippen LogP contribution in [0.2, 0.25) is 0 Å². The second-order valence-electron chi connectivity index (χ2n) is 7.48. The molecular formula is C22H26N4O. The van der Waals surface area contributed by atoms with Crippen molar-refractivity contribution in [1.82, 2.24) is 19.2 Å². The number of likely N-dealkylation sites (N-methyl/N-ethyl adjacent to an activating group) is 1. The fourth-order valence-electron chi connectivity index (χ4n) is 3.93. The monoisotopic (exact) mass is 362 g/mol. The minimum absolute atomic E-state index is 0.157. The van der Waals surface area contributed by atoms with Crippen molar-refractivity contribution >= 4 is 11.6 Å². The number of aromatic nitrogens is 2. The third-order valence-electron chi connectivity index (χ3n) is 5.58. The van der Waals surface area contributed by atoms with Crippen LogP contribution in [0.1, 0.15) is 23.2 Å². The van der Waals surface area contributed by atoms with E-state index >= 15 is 0 Å². The van der Waals surface area contributed by atoms with E-state index in [2.05, 4.69) is 34.1 Å². The molecule has 1 aliphatic rings. The Hall–Kier alpha value is -2.66. The van der Waals surface area contributed by atoms with E-state index in [1.165, 1.54) is 5.56 Å². The van der Waals surface area contributed by atoms with Gasteiger partial charge < -0.3 is 9.30 Å². The number of nitrogens with zero attached hydrogens (tertiary/aromatic N) is 4. The zero-order valence-corrected chi connectivity index (χ0v) is 16.0. The van der Waals surface area contributed by atoms with E-state index in [4.69, 9.17) is 0 Å². The average molecular weight is 362 g/mol. The highest BCUT2D eigenvalue weighted by Crippen LogP contribution is 2.19. The average Bonchev–Trinajstić information content (AvgIpc) is 3.30. The van der Waals surface area contributed by atoms with Crippen LogP contribution >= 0.6 is 0 Å². The Labute approximate surface area is 160 Å². The van der Waals surface area contributed by atoms with Gasteiger partial charge >= 0.3 is 0 Å². The Kier molecular flexibility index (Phi) is 4.94. The molecule has 0 aliphatic carbocycles. The largest absolute Gasteiger partial charge is 0.341 e. The Balaban J connectivity index is 1.38. The van der Waals surface area contributed by atoms with Crippen LogP contribution in [-0.2, 0) is 17.8 Å². The summed E-state index contributed by atoms with van der Waals surface area (Å²) in [6, 6.07) is 14.8. The Morgan fingerprint density at radius 3 is 2.85 bits per heavy atom. The maximum atomic E-state index is 12.9. The Morgan fingerprint density at radius 2 is 2.04 bits per heavy atom. The highest BCUT2D eigenvalue weighted by atomic mass is 16.2. The van der Waals surface area contributed by atoms with Crippen LogP contribution in [0.15, 0.2) is 54.9 Å². The van der Waals surface area contributed by atoms with Crippen molar-refractivity contribution in [3.05, 3.63) is 71.7 Å². The van der Waals surface area contributed by atoms with Crippen molar-refractivity contribution in [1.29, 1.82) is 0 Å². The summed E-state index contributed by atoms with van der Waals surface area (Å²) in [5, 5.41) is 0. The summed E-state index contributed by atoms with van der Waals surface area (Å²) in [5.74, 6) is 0.157. The molecule has 3 heterocycles. The smallest absolute Gasteiger partial charge is 0.228 e. The van der Waals surface area contributed by atoms with Gasteiger partial charge in [-0.3, -0.25) is 9.69 Å². The maximum absolute atomic E-state index is 12.9. The number of benzene rings is 1. The summed E-state index contributed by atoms with van der Waals surface area (Å²) in [4.78, 5) is 21.7. The normalized spacial score (nSPS) is 17.5. The van der Waals surface area contributed by atoms with Gasteiger partial charge in [0, 0.05) is 45.1 Å². The van der Waals surface area contributed by atoms with Gasteiger partial charge in [0.15, 0.2) is 0 Å². The summed E-state index contributed by atoms with van der Waals surface area (Å²) in [7, 11) is 1.94. The predicted octanol–water partition coefficient (Wildman–Crippen LogP) is 2.92. The Morgan fingerprint density at radius 1 is 1.22 bits per heavy atom. The molecule has 0 saturated carbocycles. The van der Waals surface area contributed by atoms with Gasteiger partial charge in [-0.25, -0.2) is 4.98 Å². The molecule has 0 unspecified atom stereocenters. The number of carbonyl (C=O) groups is 1. The number of imidazole rings is 1. The van der Waals surface area contributed by atoms with Crippen LogP contribution in [0.4, 0.5) is 0 Å². The molecule has 5 heteroatoms. The van der Waals surface area contributed by atoms with Gasteiger partial charge in [0.2, 0.25) is 5.91 Å². The number of rotatable bonds is 5. The summed E-state index contributed by atoms with van der Waals surface area (Å²) in [5.41, 5.74) is 4.33. The topological polar surface area (TPSA) is 40.9 Å². The molecule has 27 heavy (non-hydrogen) atoms. The molecule has 1 amide bonds. The molecule has 0 bridgehead atoms. The van der Waals surface area contributed by atoms with Gasteiger partial charge in [0.1, 0.15) is 5.65 Å². The minimum atomic E-state index is 0.157. The van der Waals surface area contributed by atoms with Gasteiger partial charge in [-0.05, 0) is 30.5 Å². The van der Waals surface area contributed by atoms with Crippen molar-refractivity contribution in [3.63, 3.8) is 0 Å². The number of pyridine rings is 1. The van der Waals surface area contributed by atoms with E-state index < -0.39 is 0 Å². The first-order valence-corrected chi connectivity index (χ1v) is 9.55. The van der Waals surface area contributed by atoms with Gasteiger partial charge in [-0.15, -0.1) is 0 Å². The predicted molar refractivity (Wildman–Crippen MR) is 107 cm³/mol. The lowest BCUT2D eigenvalue weighted by molar-refractivity contribution is -0.131. The van der Waals surface area contributed by atoms with Gasteiger partial charge in [-0.1, -0.05) is 36.4 Å². The third-order valence-corrected chi connectivity index (χ3v) is 5.58. The Bertz CT molecular complexity index is 934. The molecule has 5 nitrogen and oxygen atoms in total. The molecule has 1 saturated heterocycles. The minimum Gasteiger partial charge on any atom is -0.341 e. The summed E-state index contributed by atoms with van der Waals surface area (Å²) >= 11 is 0. The summed E-state index contributed by atoms with van der Waals surface area (Å²) in [6.45, 7) is 4.96. The number of amides is 1. The molecule has 1 aromatic carbocycles. The molecule has 4 rings (SSSR count). The van der Waals surface area contributed by atoms with Crippen LogP contribution < -0.4 is 0 Å². The van der Waals surface area contributed by atoms with E-state index in [1.54, 1.807) is 0 Å². The number of aryl methyl sites for hydroxylation is 1. The molecule has 1 fully saturated rings. The van der Waals surface area contributed by atoms with Crippen LogP contribution in [0.25, 0.3) is 5.65 Å². The number of hydrogen-bond donors (Lipinski definition) is 0.